The number of furan rings is 1. The van der Waals surface area contributed by atoms with E-state index in [9.17, 15) is 0 Å². The molecular weight excluding hydrogens is 683 g/mol. The van der Waals surface area contributed by atoms with Crippen molar-refractivity contribution in [2.24, 2.45) is 0 Å². The van der Waals surface area contributed by atoms with E-state index < -0.39 is 0 Å². The second-order valence-corrected chi connectivity index (χ2v) is 14.6. The molecular formula is C52H31N3O. The van der Waals surface area contributed by atoms with Crippen molar-refractivity contribution in [3.8, 4) is 39.6 Å². The Labute approximate surface area is 321 Å². The van der Waals surface area contributed by atoms with Crippen LogP contribution in [0.15, 0.2) is 192 Å². The minimum atomic E-state index is 0.642. The number of aromatic nitrogens is 3. The van der Waals surface area contributed by atoms with E-state index in [-0.39, 0.29) is 0 Å². The maximum Gasteiger partial charge on any atom is 0.161 e. The molecule has 12 rings (SSSR count). The van der Waals surface area contributed by atoms with Gasteiger partial charge in [-0.15, -0.1) is 0 Å². The Hall–Kier alpha value is -7.56. The molecule has 3 aromatic heterocycles. The van der Waals surface area contributed by atoms with Gasteiger partial charge in [-0.3, -0.25) is 0 Å². The number of benzene rings is 9. The van der Waals surface area contributed by atoms with Crippen molar-refractivity contribution in [1.29, 1.82) is 0 Å². The fourth-order valence-electron chi connectivity index (χ4n) is 8.64. The molecule has 56 heavy (non-hydrogen) atoms. The van der Waals surface area contributed by atoms with Crippen LogP contribution in [-0.2, 0) is 0 Å². The Balaban J connectivity index is 1.17. The van der Waals surface area contributed by atoms with Crippen LogP contribution in [0, 0.1) is 0 Å². The van der Waals surface area contributed by atoms with Crippen molar-refractivity contribution in [3.63, 3.8) is 0 Å². The van der Waals surface area contributed by atoms with Crippen LogP contribution in [0.25, 0.3) is 116 Å². The van der Waals surface area contributed by atoms with Crippen molar-refractivity contribution in [2.45, 2.75) is 0 Å². The van der Waals surface area contributed by atoms with Gasteiger partial charge in [0, 0.05) is 44.3 Å². The van der Waals surface area contributed by atoms with Gasteiger partial charge < -0.3 is 8.98 Å². The molecule has 4 heteroatoms. The normalized spacial score (nSPS) is 11.9. The molecule has 0 N–H and O–H groups in total. The van der Waals surface area contributed by atoms with Crippen LogP contribution >= 0.6 is 0 Å². The molecule has 3 heterocycles. The fraction of sp³-hybridized carbons (Fsp3) is 0. The monoisotopic (exact) mass is 713 g/mol. The third-order valence-electron chi connectivity index (χ3n) is 11.3. The second kappa shape index (κ2) is 12.0. The van der Waals surface area contributed by atoms with Crippen molar-refractivity contribution in [2.75, 3.05) is 0 Å². The molecule has 260 valence electrons. The lowest BCUT2D eigenvalue weighted by molar-refractivity contribution is 0.668. The first-order valence-corrected chi connectivity index (χ1v) is 19.0. The van der Waals surface area contributed by atoms with Gasteiger partial charge in [0.05, 0.1) is 28.1 Å². The van der Waals surface area contributed by atoms with Gasteiger partial charge in [0.2, 0.25) is 0 Å². The third-order valence-corrected chi connectivity index (χ3v) is 11.3. The highest BCUT2D eigenvalue weighted by Crippen LogP contribution is 2.42. The number of para-hydroxylation sites is 2. The summed E-state index contributed by atoms with van der Waals surface area (Å²) < 4.78 is 9.07. The van der Waals surface area contributed by atoms with Crippen molar-refractivity contribution in [3.05, 3.63) is 188 Å². The summed E-state index contributed by atoms with van der Waals surface area (Å²) in [5.41, 5.74) is 9.57. The zero-order chi connectivity index (χ0) is 36.7. The third kappa shape index (κ3) is 4.79. The summed E-state index contributed by atoms with van der Waals surface area (Å²) in [6.07, 6.45) is 0. The van der Waals surface area contributed by atoms with Crippen LogP contribution in [0.1, 0.15) is 0 Å². The molecule has 0 fully saturated rings. The highest BCUT2D eigenvalue weighted by atomic mass is 16.3. The molecule has 0 radical (unpaired) electrons. The zero-order valence-corrected chi connectivity index (χ0v) is 30.1. The number of fused-ring (bicyclic) bond motifs is 9. The topological polar surface area (TPSA) is 43.9 Å². The maximum absolute atomic E-state index is 6.70. The van der Waals surface area contributed by atoms with Crippen LogP contribution in [-0.4, -0.2) is 14.5 Å². The second-order valence-electron chi connectivity index (χ2n) is 14.6. The molecule has 0 unspecified atom stereocenters. The van der Waals surface area contributed by atoms with Gasteiger partial charge in [-0.25, -0.2) is 9.97 Å². The van der Waals surface area contributed by atoms with E-state index >= 15 is 0 Å². The van der Waals surface area contributed by atoms with E-state index in [1.54, 1.807) is 0 Å². The molecule has 0 spiro atoms. The summed E-state index contributed by atoms with van der Waals surface area (Å²) >= 11 is 0. The van der Waals surface area contributed by atoms with Gasteiger partial charge in [-0.05, 0) is 80.8 Å². The predicted octanol–water partition coefficient (Wildman–Crippen LogP) is 13.9. The van der Waals surface area contributed by atoms with Gasteiger partial charge in [0.25, 0.3) is 0 Å². The fourth-order valence-corrected chi connectivity index (χ4v) is 8.64. The number of nitrogens with zero attached hydrogens (tertiary/aromatic N) is 3. The van der Waals surface area contributed by atoms with Crippen LogP contribution in [0.2, 0.25) is 0 Å². The lowest BCUT2D eigenvalue weighted by Gasteiger charge is -2.14. The van der Waals surface area contributed by atoms with Gasteiger partial charge in [-0.1, -0.05) is 133 Å². The Kier molecular flexibility index (Phi) is 6.60. The first-order valence-electron chi connectivity index (χ1n) is 19.0. The van der Waals surface area contributed by atoms with E-state index in [1.165, 1.54) is 43.1 Å². The molecule has 0 aliphatic carbocycles. The van der Waals surface area contributed by atoms with Crippen LogP contribution < -0.4 is 0 Å². The quantitative estimate of drug-likeness (QED) is 0.182. The summed E-state index contributed by atoms with van der Waals surface area (Å²) in [5, 5.41) is 11.6. The molecule has 4 nitrogen and oxygen atoms in total. The Bertz CT molecular complexity index is 3460. The summed E-state index contributed by atoms with van der Waals surface area (Å²) in [4.78, 5) is 10.9. The Morgan fingerprint density at radius 1 is 0.375 bits per heavy atom. The zero-order valence-electron chi connectivity index (χ0n) is 30.1. The van der Waals surface area contributed by atoms with E-state index in [2.05, 4.69) is 180 Å². The van der Waals surface area contributed by atoms with E-state index in [0.29, 0.717) is 5.82 Å². The molecule has 0 amide bonds. The lowest BCUT2D eigenvalue weighted by Crippen LogP contribution is -1.99. The Morgan fingerprint density at radius 3 is 1.61 bits per heavy atom. The minimum absolute atomic E-state index is 0.642. The molecule has 12 aromatic rings. The van der Waals surface area contributed by atoms with Crippen molar-refractivity contribution < 1.29 is 4.42 Å². The average molecular weight is 714 g/mol. The molecule has 0 atom stereocenters. The van der Waals surface area contributed by atoms with Crippen LogP contribution in [0.4, 0.5) is 0 Å². The summed E-state index contributed by atoms with van der Waals surface area (Å²) in [7, 11) is 0. The minimum Gasteiger partial charge on any atom is -0.456 e. The largest absolute Gasteiger partial charge is 0.456 e. The molecule has 0 aliphatic heterocycles. The van der Waals surface area contributed by atoms with Gasteiger partial charge >= 0.3 is 0 Å². The molecule has 0 saturated carbocycles. The van der Waals surface area contributed by atoms with Gasteiger partial charge in [0.15, 0.2) is 5.82 Å². The van der Waals surface area contributed by atoms with Crippen LogP contribution in [0.3, 0.4) is 0 Å². The summed E-state index contributed by atoms with van der Waals surface area (Å²) in [5.74, 6) is 0.642. The van der Waals surface area contributed by atoms with E-state index in [0.717, 1.165) is 66.7 Å². The maximum atomic E-state index is 6.70. The number of hydrogen-bond donors (Lipinski definition) is 0. The van der Waals surface area contributed by atoms with Crippen molar-refractivity contribution >= 4 is 76.1 Å². The number of hydrogen-bond acceptors (Lipinski definition) is 3. The molecule has 9 aromatic carbocycles. The highest BCUT2D eigenvalue weighted by molar-refractivity contribution is 6.16. The molecule has 0 aliphatic rings. The van der Waals surface area contributed by atoms with E-state index in [1.807, 2.05) is 12.1 Å². The lowest BCUT2D eigenvalue weighted by atomic mass is 10.0. The standard InChI is InChI=1S/C52H31N3O/c1-3-13-34-25-38(23-21-32(34)11-1)45-31-46(39-24-22-33-12-2-4-14-35(33)26-39)54-52(53-45)44-29-40(30-50-51(44)42-18-8-10-20-49(42)56-50)55-47-19-9-7-17-41(47)43-27-36-15-5-6-16-37(36)28-48(43)55/h1-31H. The molecule has 0 bridgehead atoms. The highest BCUT2D eigenvalue weighted by Gasteiger charge is 2.21. The number of rotatable bonds is 4. The SMILES string of the molecule is c1ccc2cc(-c3cc(-c4ccc5ccccc5c4)nc(-c4cc(-n5c6ccccc6c6cc7ccccc7cc65)cc5oc6ccccc6c45)n3)ccc2c1. The predicted molar refractivity (Wildman–Crippen MR) is 232 cm³/mol. The smallest absolute Gasteiger partial charge is 0.161 e. The summed E-state index contributed by atoms with van der Waals surface area (Å²) in [6.45, 7) is 0. The van der Waals surface area contributed by atoms with Gasteiger partial charge in [0.1, 0.15) is 11.2 Å². The average Bonchev–Trinajstić information content (AvgIpc) is 3.80. The first-order chi connectivity index (χ1) is 27.7. The van der Waals surface area contributed by atoms with Crippen molar-refractivity contribution in [1.82, 2.24) is 14.5 Å². The first kappa shape index (κ1) is 30.9. The summed E-state index contributed by atoms with van der Waals surface area (Å²) in [6, 6.07) is 66.8. The van der Waals surface area contributed by atoms with Crippen LogP contribution in [0.5, 0.6) is 0 Å². The Morgan fingerprint density at radius 2 is 0.929 bits per heavy atom. The van der Waals surface area contributed by atoms with Gasteiger partial charge in [-0.2, -0.15) is 0 Å². The van der Waals surface area contributed by atoms with E-state index in [4.69, 9.17) is 14.4 Å². The molecule has 0 saturated heterocycles.